The third kappa shape index (κ3) is 4.79. The van der Waals surface area contributed by atoms with Gasteiger partial charge in [0.25, 0.3) is 0 Å². The summed E-state index contributed by atoms with van der Waals surface area (Å²) in [5.74, 6) is -0.511. The van der Waals surface area contributed by atoms with E-state index >= 15 is 0 Å². The van der Waals surface area contributed by atoms with E-state index < -0.39 is 6.10 Å². The van der Waals surface area contributed by atoms with Gasteiger partial charge in [-0.2, -0.15) is 0 Å². The first-order valence-electron chi connectivity index (χ1n) is 11.7. The number of carbonyl (C=O) groups excluding carboxylic acids is 1. The molecule has 0 unspecified atom stereocenters. The minimum absolute atomic E-state index is 0.0247. The molecule has 0 bridgehead atoms. The Morgan fingerprint density at radius 1 is 1.39 bits per heavy atom. The largest absolute Gasteiger partial charge is 0.392 e. The van der Waals surface area contributed by atoms with Gasteiger partial charge < -0.3 is 20.5 Å². The number of hydrogen-bond donors (Lipinski definition) is 3. The minimum Gasteiger partial charge on any atom is -0.392 e. The van der Waals surface area contributed by atoms with Gasteiger partial charge in [-0.3, -0.25) is 4.79 Å². The van der Waals surface area contributed by atoms with Crippen LogP contribution in [0.4, 0.5) is 15.2 Å². The molecule has 6 nitrogen and oxygen atoms in total. The second-order valence-electron chi connectivity index (χ2n) is 9.87. The summed E-state index contributed by atoms with van der Waals surface area (Å²) in [5.41, 5.74) is 1.80. The van der Waals surface area contributed by atoms with Crippen molar-refractivity contribution >= 4 is 28.1 Å². The third-order valence-corrected chi connectivity index (χ3v) is 8.67. The number of halogens is 1. The molecule has 2 aliphatic rings. The molecule has 0 aliphatic heterocycles. The fourth-order valence-corrected chi connectivity index (χ4v) is 7.17. The number of aromatic nitrogens is 1. The molecule has 33 heavy (non-hydrogen) atoms. The Balaban J connectivity index is 1.52. The molecule has 2 aliphatic carbocycles. The van der Waals surface area contributed by atoms with Crippen LogP contribution in [-0.2, 0) is 16.0 Å². The summed E-state index contributed by atoms with van der Waals surface area (Å²) in [5, 5.41) is 18.5. The molecule has 0 spiro atoms. The number of benzene rings is 1. The molecule has 2 aromatic rings. The maximum atomic E-state index is 13.2. The van der Waals surface area contributed by atoms with Crippen LogP contribution in [0.5, 0.6) is 0 Å². The highest BCUT2D eigenvalue weighted by Gasteiger charge is 2.53. The van der Waals surface area contributed by atoms with Gasteiger partial charge in [-0.1, -0.05) is 20.8 Å². The van der Waals surface area contributed by atoms with Crippen molar-refractivity contribution in [1.29, 1.82) is 0 Å². The Morgan fingerprint density at radius 2 is 2.12 bits per heavy atom. The average molecular weight is 476 g/mol. The molecule has 1 aromatic carbocycles. The zero-order valence-corrected chi connectivity index (χ0v) is 20.5. The Labute approximate surface area is 199 Å². The molecule has 0 radical (unpaired) electrons. The van der Waals surface area contributed by atoms with Crippen molar-refractivity contribution in [2.24, 2.45) is 23.2 Å². The summed E-state index contributed by atoms with van der Waals surface area (Å²) in [6.45, 7) is 7.30. The molecule has 1 saturated carbocycles. The van der Waals surface area contributed by atoms with E-state index in [1.807, 2.05) is 6.92 Å². The Bertz CT molecular complexity index is 982. The minimum atomic E-state index is -0.565. The first kappa shape index (κ1) is 24.1. The van der Waals surface area contributed by atoms with Gasteiger partial charge in [0.1, 0.15) is 5.82 Å². The number of fused-ring (bicyclic) bond motifs is 2. The molecule has 1 heterocycles. The van der Waals surface area contributed by atoms with Gasteiger partial charge in [-0.05, 0) is 60.8 Å². The SMILES string of the molecule is COCCNC(=O)[C@@H](C)[C@@H]1CC[C@]2(C)Cc3sc(Nc4ccc(F)cc4)nc3[C@H](C)[C@@H]2[C@H]1O. The van der Waals surface area contributed by atoms with Crippen molar-refractivity contribution < 1.29 is 19.0 Å². The van der Waals surface area contributed by atoms with Crippen LogP contribution < -0.4 is 10.6 Å². The van der Waals surface area contributed by atoms with Crippen molar-refractivity contribution in [3.05, 3.63) is 40.7 Å². The predicted molar refractivity (Wildman–Crippen MR) is 128 cm³/mol. The van der Waals surface area contributed by atoms with Gasteiger partial charge in [0.15, 0.2) is 5.13 Å². The standard InChI is InChI=1S/C25H34FN3O3S/c1-14(23(31)27-11-12-32-4)18-9-10-25(3)13-19-21(15(2)20(25)22(18)30)29-24(33-19)28-17-7-5-16(26)6-8-17/h5-8,14-15,18,20,22,30H,9-13H2,1-4H3,(H,27,31)(H,28,29)/t14-,15+,18-,20+,22-,25+/m0/s1. The number of nitrogens with zero attached hydrogens (tertiary/aromatic N) is 1. The quantitative estimate of drug-likeness (QED) is 0.515. The van der Waals surface area contributed by atoms with Gasteiger partial charge in [0.05, 0.1) is 18.4 Å². The zero-order chi connectivity index (χ0) is 23.8. The molecule has 3 N–H and O–H groups in total. The molecular weight excluding hydrogens is 441 g/mol. The molecule has 6 atom stereocenters. The maximum absolute atomic E-state index is 13.2. The monoisotopic (exact) mass is 475 g/mol. The molecule has 8 heteroatoms. The van der Waals surface area contributed by atoms with Crippen LogP contribution in [0.1, 0.15) is 50.1 Å². The number of anilines is 2. The predicted octanol–water partition coefficient (Wildman–Crippen LogP) is 4.48. The van der Waals surface area contributed by atoms with Crippen LogP contribution in [0, 0.1) is 29.0 Å². The summed E-state index contributed by atoms with van der Waals surface area (Å²) in [6, 6.07) is 6.26. The first-order chi connectivity index (χ1) is 15.7. The Hall–Kier alpha value is -2.03. The fourth-order valence-electron chi connectivity index (χ4n) is 5.89. The van der Waals surface area contributed by atoms with Crippen molar-refractivity contribution in [2.45, 2.75) is 52.1 Å². The lowest BCUT2D eigenvalue weighted by Crippen LogP contribution is -2.53. The lowest BCUT2D eigenvalue weighted by molar-refractivity contribution is -0.135. The molecule has 1 amide bonds. The normalized spacial score (nSPS) is 29.6. The van der Waals surface area contributed by atoms with Crippen LogP contribution in [-0.4, -0.2) is 42.4 Å². The summed E-state index contributed by atoms with van der Waals surface area (Å²) in [6.07, 6.45) is 2.11. The number of aliphatic hydroxyl groups excluding tert-OH is 1. The number of ether oxygens (including phenoxy) is 1. The van der Waals surface area contributed by atoms with Crippen LogP contribution >= 0.6 is 11.3 Å². The number of rotatable bonds is 7. The first-order valence-corrected chi connectivity index (χ1v) is 12.5. The average Bonchev–Trinajstić information content (AvgIpc) is 3.17. The van der Waals surface area contributed by atoms with Crippen LogP contribution in [0.15, 0.2) is 24.3 Å². The lowest BCUT2D eigenvalue weighted by atomic mass is 9.53. The number of hydrogen-bond acceptors (Lipinski definition) is 6. The summed E-state index contributed by atoms with van der Waals surface area (Å²) < 4.78 is 18.3. The molecule has 4 rings (SSSR count). The van der Waals surface area contributed by atoms with Crippen molar-refractivity contribution in [1.82, 2.24) is 10.3 Å². The number of carbonyl (C=O) groups is 1. The smallest absolute Gasteiger partial charge is 0.223 e. The van der Waals surface area contributed by atoms with Gasteiger partial charge in [-0.25, -0.2) is 9.37 Å². The highest BCUT2D eigenvalue weighted by molar-refractivity contribution is 7.15. The van der Waals surface area contributed by atoms with E-state index in [2.05, 4.69) is 24.5 Å². The molecule has 1 fully saturated rings. The van der Waals surface area contributed by atoms with Crippen LogP contribution in [0.25, 0.3) is 0 Å². The topological polar surface area (TPSA) is 83.5 Å². The number of aliphatic hydroxyl groups is 1. The maximum Gasteiger partial charge on any atom is 0.223 e. The Kier molecular flexibility index (Phi) is 7.07. The molecule has 1 aromatic heterocycles. The van der Waals surface area contributed by atoms with Gasteiger partial charge >= 0.3 is 0 Å². The van der Waals surface area contributed by atoms with E-state index in [-0.39, 0.29) is 40.8 Å². The van der Waals surface area contributed by atoms with Crippen molar-refractivity contribution in [2.75, 3.05) is 25.6 Å². The van der Waals surface area contributed by atoms with Gasteiger partial charge in [0, 0.05) is 36.1 Å². The van der Waals surface area contributed by atoms with E-state index in [0.717, 1.165) is 35.8 Å². The fraction of sp³-hybridized carbons (Fsp3) is 0.600. The van der Waals surface area contributed by atoms with Crippen molar-refractivity contribution in [3.63, 3.8) is 0 Å². The second kappa shape index (κ2) is 9.68. The van der Waals surface area contributed by atoms with Crippen molar-refractivity contribution in [3.8, 4) is 0 Å². The number of nitrogens with one attached hydrogen (secondary N) is 2. The van der Waals surface area contributed by atoms with Crippen LogP contribution in [0.3, 0.4) is 0 Å². The van der Waals surface area contributed by atoms with E-state index in [0.29, 0.717) is 13.2 Å². The van der Waals surface area contributed by atoms with Gasteiger partial charge in [-0.15, -0.1) is 11.3 Å². The number of thiazole rings is 1. The second-order valence-corrected chi connectivity index (χ2v) is 11.0. The third-order valence-electron chi connectivity index (χ3n) is 7.68. The van der Waals surface area contributed by atoms with E-state index in [4.69, 9.17) is 9.72 Å². The van der Waals surface area contributed by atoms with Crippen LogP contribution in [0.2, 0.25) is 0 Å². The summed E-state index contributed by atoms with van der Waals surface area (Å²) >= 11 is 1.64. The highest BCUT2D eigenvalue weighted by Crippen LogP contribution is 2.57. The van der Waals surface area contributed by atoms with Gasteiger partial charge in [0.2, 0.25) is 5.91 Å². The summed E-state index contributed by atoms with van der Waals surface area (Å²) in [4.78, 5) is 18.8. The van der Waals surface area contributed by atoms with E-state index in [1.54, 1.807) is 30.6 Å². The number of methoxy groups -OCH3 is 1. The molecule has 180 valence electrons. The lowest BCUT2D eigenvalue weighted by Gasteiger charge is -2.53. The van der Waals surface area contributed by atoms with E-state index in [9.17, 15) is 14.3 Å². The molecule has 0 saturated heterocycles. The highest BCUT2D eigenvalue weighted by atomic mass is 32.1. The Morgan fingerprint density at radius 3 is 2.82 bits per heavy atom. The zero-order valence-electron chi connectivity index (χ0n) is 19.7. The molecular formula is C25H34FN3O3S. The number of amides is 1. The van der Waals surface area contributed by atoms with E-state index in [1.165, 1.54) is 17.0 Å². The summed E-state index contributed by atoms with van der Waals surface area (Å²) in [7, 11) is 1.61.